The molecule has 2 aromatic carbocycles. The molecule has 2 aromatic rings. The van der Waals surface area contributed by atoms with Gasteiger partial charge in [0.25, 0.3) is 0 Å². The molecule has 1 saturated carbocycles. The van der Waals surface area contributed by atoms with Crippen molar-refractivity contribution >= 4 is 29.2 Å². The van der Waals surface area contributed by atoms with E-state index in [4.69, 9.17) is 16.3 Å². The van der Waals surface area contributed by atoms with Crippen molar-refractivity contribution in [3.63, 3.8) is 0 Å². The number of hydrogen-bond acceptors (Lipinski definition) is 3. The number of ether oxygens (including phenoxy) is 1. The molecule has 0 saturated heterocycles. The Bertz CT molecular complexity index is 802. The summed E-state index contributed by atoms with van der Waals surface area (Å²) in [5.74, 6) is -0.319. The number of nitrogens with one attached hydrogen (secondary N) is 1. The summed E-state index contributed by atoms with van der Waals surface area (Å²) >= 11 is 6.10. The quantitative estimate of drug-likeness (QED) is 0.782. The number of amides is 1. The Morgan fingerprint density at radius 2 is 1.72 bits per heavy atom. The van der Waals surface area contributed by atoms with E-state index in [-0.39, 0.29) is 12.3 Å². The highest BCUT2D eigenvalue weighted by Gasteiger charge is 2.45. The van der Waals surface area contributed by atoms with E-state index in [9.17, 15) is 14.7 Å². The minimum Gasteiger partial charge on any atom is -0.481 e. The summed E-state index contributed by atoms with van der Waals surface area (Å²) in [5, 5.41) is 12.6. The molecule has 0 aromatic heterocycles. The Hall–Kier alpha value is -2.53. The Labute approximate surface area is 150 Å². The van der Waals surface area contributed by atoms with Crippen molar-refractivity contribution in [1.82, 2.24) is 0 Å². The van der Waals surface area contributed by atoms with Crippen LogP contribution in [0.25, 0.3) is 0 Å². The number of carboxylic acids is 1. The molecule has 1 amide bonds. The molecule has 25 heavy (non-hydrogen) atoms. The lowest BCUT2D eigenvalue weighted by Gasteiger charge is -2.36. The third-order valence-corrected chi connectivity index (χ3v) is 4.79. The number of carbonyl (C=O) groups excluding carboxylic acids is 1. The van der Waals surface area contributed by atoms with Crippen molar-refractivity contribution in [3.8, 4) is 11.5 Å². The first-order valence-corrected chi connectivity index (χ1v) is 8.43. The third kappa shape index (κ3) is 3.77. The van der Waals surface area contributed by atoms with Gasteiger partial charge < -0.3 is 15.2 Å². The Morgan fingerprint density at radius 3 is 2.32 bits per heavy atom. The molecule has 6 heteroatoms. The van der Waals surface area contributed by atoms with E-state index in [1.807, 2.05) is 0 Å². The number of carbonyl (C=O) groups is 2. The Morgan fingerprint density at radius 1 is 1.08 bits per heavy atom. The maximum absolute atomic E-state index is 12.3. The predicted octanol–water partition coefficient (Wildman–Crippen LogP) is 4.72. The number of carboxylic acid groups (broad SMARTS) is 1. The van der Waals surface area contributed by atoms with Crippen molar-refractivity contribution in [1.29, 1.82) is 0 Å². The van der Waals surface area contributed by atoms with Crippen molar-refractivity contribution in [2.75, 3.05) is 5.32 Å². The lowest BCUT2D eigenvalue weighted by atomic mass is 9.66. The van der Waals surface area contributed by atoms with Gasteiger partial charge in [0.15, 0.2) is 5.75 Å². The zero-order valence-electron chi connectivity index (χ0n) is 13.5. The molecular weight excluding hydrogens is 342 g/mol. The van der Waals surface area contributed by atoms with E-state index >= 15 is 0 Å². The highest BCUT2D eigenvalue weighted by Crippen LogP contribution is 2.44. The van der Waals surface area contributed by atoms with Gasteiger partial charge in [0, 0.05) is 6.42 Å². The number of benzene rings is 2. The first-order chi connectivity index (χ1) is 12.0. The standard InChI is InChI=1S/C19H18ClNO4/c20-13-6-1-3-8-15(13)25-16-9-4-2-7-14(16)21-17(22)12-19(18(23)24)10-5-11-19/h1-4,6-9H,5,10-12H2,(H,21,22)(H,23,24). The van der Waals surface area contributed by atoms with Gasteiger partial charge in [-0.2, -0.15) is 0 Å². The maximum atomic E-state index is 12.3. The summed E-state index contributed by atoms with van der Waals surface area (Å²) in [6, 6.07) is 14.0. The van der Waals surface area contributed by atoms with Crippen LogP contribution < -0.4 is 10.1 Å². The highest BCUT2D eigenvalue weighted by atomic mass is 35.5. The normalized spacial score (nSPS) is 15.1. The molecule has 2 N–H and O–H groups in total. The number of rotatable bonds is 6. The second-order valence-corrected chi connectivity index (χ2v) is 6.60. The van der Waals surface area contributed by atoms with Crippen molar-refractivity contribution in [2.45, 2.75) is 25.7 Å². The fourth-order valence-corrected chi connectivity index (χ4v) is 3.05. The van der Waals surface area contributed by atoms with Crippen LogP contribution in [-0.4, -0.2) is 17.0 Å². The Balaban J connectivity index is 1.74. The van der Waals surface area contributed by atoms with Gasteiger partial charge in [-0.15, -0.1) is 0 Å². The summed E-state index contributed by atoms with van der Waals surface area (Å²) in [7, 11) is 0. The van der Waals surface area contributed by atoms with Crippen LogP contribution in [0.4, 0.5) is 5.69 Å². The van der Waals surface area contributed by atoms with E-state index in [1.54, 1.807) is 48.5 Å². The average molecular weight is 360 g/mol. The fourth-order valence-electron chi connectivity index (χ4n) is 2.88. The van der Waals surface area contributed by atoms with Crippen molar-refractivity contribution < 1.29 is 19.4 Å². The van der Waals surface area contributed by atoms with Crippen molar-refractivity contribution in [2.24, 2.45) is 5.41 Å². The van der Waals surface area contributed by atoms with Gasteiger partial charge in [-0.05, 0) is 37.1 Å². The molecule has 130 valence electrons. The molecular formula is C19H18ClNO4. The molecule has 1 aliphatic rings. The summed E-state index contributed by atoms with van der Waals surface area (Å²) in [5.41, 5.74) is -0.449. The SMILES string of the molecule is O=C(CC1(C(=O)O)CCC1)Nc1ccccc1Oc1ccccc1Cl. The van der Waals surface area contributed by atoms with Gasteiger partial charge in [0.2, 0.25) is 5.91 Å². The van der Waals surface area contributed by atoms with Gasteiger partial charge >= 0.3 is 5.97 Å². The molecule has 0 atom stereocenters. The van der Waals surface area contributed by atoms with Crippen molar-refractivity contribution in [3.05, 3.63) is 53.6 Å². The minimum atomic E-state index is -0.928. The summed E-state index contributed by atoms with van der Waals surface area (Å²) in [6.45, 7) is 0. The van der Waals surface area contributed by atoms with E-state index < -0.39 is 11.4 Å². The van der Waals surface area contributed by atoms with Gasteiger partial charge in [0.1, 0.15) is 5.75 Å². The molecule has 0 spiro atoms. The van der Waals surface area contributed by atoms with E-state index in [2.05, 4.69) is 5.32 Å². The van der Waals surface area contributed by atoms with Gasteiger partial charge in [-0.1, -0.05) is 42.3 Å². The van der Waals surface area contributed by atoms with E-state index in [1.165, 1.54) is 0 Å². The zero-order valence-corrected chi connectivity index (χ0v) is 14.3. The van der Waals surface area contributed by atoms with Gasteiger partial charge in [-0.25, -0.2) is 0 Å². The van der Waals surface area contributed by atoms with Crippen LogP contribution in [-0.2, 0) is 9.59 Å². The monoisotopic (exact) mass is 359 g/mol. The van der Waals surface area contributed by atoms with Crippen LogP contribution in [0.1, 0.15) is 25.7 Å². The molecule has 0 aliphatic heterocycles. The minimum absolute atomic E-state index is 0.0389. The van der Waals surface area contributed by atoms with Crippen LogP contribution in [0, 0.1) is 5.41 Å². The first-order valence-electron chi connectivity index (χ1n) is 8.05. The summed E-state index contributed by atoms with van der Waals surface area (Å²) < 4.78 is 5.80. The zero-order chi connectivity index (χ0) is 17.9. The lowest BCUT2D eigenvalue weighted by molar-refractivity contribution is -0.157. The summed E-state index contributed by atoms with van der Waals surface area (Å²) in [4.78, 5) is 23.8. The number of hydrogen-bond donors (Lipinski definition) is 2. The van der Waals surface area contributed by atoms with Crippen LogP contribution in [0.15, 0.2) is 48.5 Å². The molecule has 1 aliphatic carbocycles. The maximum Gasteiger partial charge on any atom is 0.310 e. The molecule has 0 bridgehead atoms. The molecule has 3 rings (SSSR count). The molecule has 1 fully saturated rings. The number of aliphatic carboxylic acids is 1. The second-order valence-electron chi connectivity index (χ2n) is 6.19. The first kappa shape index (κ1) is 17.3. The van der Waals surface area contributed by atoms with Crippen LogP contribution in [0.3, 0.4) is 0 Å². The largest absolute Gasteiger partial charge is 0.481 e. The van der Waals surface area contributed by atoms with Crippen LogP contribution in [0.2, 0.25) is 5.02 Å². The highest BCUT2D eigenvalue weighted by molar-refractivity contribution is 6.32. The predicted molar refractivity (Wildman–Crippen MR) is 95.1 cm³/mol. The lowest BCUT2D eigenvalue weighted by Crippen LogP contribution is -2.41. The molecule has 5 nitrogen and oxygen atoms in total. The van der Waals surface area contributed by atoms with Crippen LogP contribution in [0.5, 0.6) is 11.5 Å². The van der Waals surface area contributed by atoms with Gasteiger partial charge in [0.05, 0.1) is 16.1 Å². The number of para-hydroxylation sites is 3. The smallest absolute Gasteiger partial charge is 0.310 e. The number of anilines is 1. The van der Waals surface area contributed by atoms with E-state index in [0.29, 0.717) is 35.1 Å². The fraction of sp³-hybridized carbons (Fsp3) is 0.263. The van der Waals surface area contributed by atoms with Gasteiger partial charge in [-0.3, -0.25) is 9.59 Å². The Kier molecular flexibility index (Phi) is 4.95. The average Bonchev–Trinajstić information content (AvgIpc) is 2.54. The number of halogens is 1. The van der Waals surface area contributed by atoms with Crippen LogP contribution >= 0.6 is 11.6 Å². The second kappa shape index (κ2) is 7.15. The third-order valence-electron chi connectivity index (χ3n) is 4.48. The molecule has 0 heterocycles. The topological polar surface area (TPSA) is 75.6 Å². The molecule has 0 unspecified atom stereocenters. The molecule has 0 radical (unpaired) electrons. The van der Waals surface area contributed by atoms with E-state index in [0.717, 1.165) is 6.42 Å². The summed E-state index contributed by atoms with van der Waals surface area (Å²) in [6.07, 6.45) is 1.87.